The van der Waals surface area contributed by atoms with Crippen LogP contribution in [-0.2, 0) is 26.8 Å². The number of hydrogen-bond acceptors (Lipinski definition) is 2. The van der Waals surface area contributed by atoms with Gasteiger partial charge in [-0.05, 0) is 29.9 Å². The van der Waals surface area contributed by atoms with Gasteiger partial charge in [0.25, 0.3) is 0 Å². The molecule has 3 nitrogen and oxygen atoms in total. The lowest BCUT2D eigenvalue weighted by molar-refractivity contribution is -0.120. The Morgan fingerprint density at radius 2 is 1.81 bits per heavy atom. The van der Waals surface area contributed by atoms with E-state index in [1.165, 1.54) is 5.56 Å². The molecule has 0 fully saturated rings. The molecule has 1 N–H and O–H groups in total. The van der Waals surface area contributed by atoms with E-state index in [0.29, 0.717) is 12.3 Å². The molecule has 21 heavy (non-hydrogen) atoms. The SMILES string of the molecule is CCCNC(=O)C(C)S(=O)Cc1ccc(C(C)(C)C)cc1. The van der Waals surface area contributed by atoms with Crippen molar-refractivity contribution in [1.29, 1.82) is 0 Å². The van der Waals surface area contributed by atoms with Gasteiger partial charge in [0, 0.05) is 23.1 Å². The zero-order valence-corrected chi connectivity index (χ0v) is 14.5. The molecule has 0 radical (unpaired) electrons. The van der Waals surface area contributed by atoms with Gasteiger partial charge in [0.1, 0.15) is 5.25 Å². The summed E-state index contributed by atoms with van der Waals surface area (Å²) < 4.78 is 12.2. The number of carbonyl (C=O) groups excluding carboxylic acids is 1. The van der Waals surface area contributed by atoms with E-state index in [0.717, 1.165) is 12.0 Å². The molecule has 1 aromatic rings. The summed E-state index contributed by atoms with van der Waals surface area (Å²) in [5.41, 5.74) is 2.38. The van der Waals surface area contributed by atoms with E-state index < -0.39 is 16.0 Å². The van der Waals surface area contributed by atoms with Gasteiger partial charge in [-0.2, -0.15) is 0 Å². The van der Waals surface area contributed by atoms with E-state index in [1.54, 1.807) is 6.92 Å². The van der Waals surface area contributed by atoms with E-state index in [9.17, 15) is 9.00 Å². The van der Waals surface area contributed by atoms with Crippen LogP contribution in [0.4, 0.5) is 0 Å². The second-order valence-electron chi connectivity index (χ2n) is 6.41. The van der Waals surface area contributed by atoms with E-state index >= 15 is 0 Å². The Morgan fingerprint density at radius 3 is 2.29 bits per heavy atom. The van der Waals surface area contributed by atoms with Crippen LogP contribution in [-0.4, -0.2) is 21.9 Å². The smallest absolute Gasteiger partial charge is 0.235 e. The summed E-state index contributed by atoms with van der Waals surface area (Å²) in [5, 5.41) is 2.32. The summed E-state index contributed by atoms with van der Waals surface area (Å²) in [6.45, 7) is 10.9. The Bertz CT molecular complexity index is 489. The van der Waals surface area contributed by atoms with Crippen molar-refractivity contribution in [3.8, 4) is 0 Å². The summed E-state index contributed by atoms with van der Waals surface area (Å²) in [6.07, 6.45) is 0.888. The molecule has 0 aromatic heterocycles. The fourth-order valence-corrected chi connectivity index (χ4v) is 2.99. The number of rotatable bonds is 6. The molecule has 1 amide bonds. The minimum absolute atomic E-state index is 0.116. The number of carbonyl (C=O) groups is 1. The average Bonchev–Trinajstić information content (AvgIpc) is 2.43. The molecule has 0 aliphatic carbocycles. The van der Waals surface area contributed by atoms with Crippen LogP contribution in [0.2, 0.25) is 0 Å². The predicted molar refractivity (Wildman–Crippen MR) is 89.8 cm³/mol. The van der Waals surface area contributed by atoms with Gasteiger partial charge >= 0.3 is 0 Å². The molecule has 0 aliphatic rings. The maximum absolute atomic E-state index is 12.2. The summed E-state index contributed by atoms with van der Waals surface area (Å²) in [6, 6.07) is 8.17. The van der Waals surface area contributed by atoms with Crippen molar-refractivity contribution in [2.24, 2.45) is 0 Å². The van der Waals surface area contributed by atoms with Gasteiger partial charge in [0.15, 0.2) is 0 Å². The first-order valence-corrected chi connectivity index (χ1v) is 8.88. The van der Waals surface area contributed by atoms with Gasteiger partial charge in [0.05, 0.1) is 0 Å². The van der Waals surface area contributed by atoms with Gasteiger partial charge in [-0.25, -0.2) is 0 Å². The number of nitrogens with one attached hydrogen (secondary N) is 1. The van der Waals surface area contributed by atoms with Crippen LogP contribution in [0.25, 0.3) is 0 Å². The Hall–Kier alpha value is -1.16. The number of hydrogen-bond donors (Lipinski definition) is 1. The molecule has 1 aromatic carbocycles. The lowest BCUT2D eigenvalue weighted by Crippen LogP contribution is -2.36. The largest absolute Gasteiger partial charge is 0.355 e. The fraction of sp³-hybridized carbons (Fsp3) is 0.588. The van der Waals surface area contributed by atoms with E-state index in [-0.39, 0.29) is 11.3 Å². The molecular formula is C17H27NO2S. The van der Waals surface area contributed by atoms with E-state index in [4.69, 9.17) is 0 Å². The van der Waals surface area contributed by atoms with Crippen LogP contribution in [0.15, 0.2) is 24.3 Å². The summed E-state index contributed by atoms with van der Waals surface area (Å²) in [7, 11) is -1.19. The molecule has 0 saturated heterocycles. The van der Waals surface area contributed by atoms with Crippen LogP contribution >= 0.6 is 0 Å². The van der Waals surface area contributed by atoms with Crippen LogP contribution in [0.3, 0.4) is 0 Å². The minimum Gasteiger partial charge on any atom is -0.355 e. The lowest BCUT2D eigenvalue weighted by atomic mass is 9.87. The summed E-state index contributed by atoms with van der Waals surface area (Å²) >= 11 is 0. The van der Waals surface area contributed by atoms with Crippen LogP contribution < -0.4 is 5.32 Å². The Morgan fingerprint density at radius 1 is 1.24 bits per heavy atom. The van der Waals surface area contributed by atoms with Gasteiger partial charge in [-0.3, -0.25) is 9.00 Å². The van der Waals surface area contributed by atoms with Crippen molar-refractivity contribution in [2.45, 2.75) is 57.5 Å². The molecule has 2 atom stereocenters. The van der Waals surface area contributed by atoms with Gasteiger partial charge < -0.3 is 5.32 Å². The highest BCUT2D eigenvalue weighted by atomic mass is 32.2. The maximum atomic E-state index is 12.2. The number of benzene rings is 1. The monoisotopic (exact) mass is 309 g/mol. The highest BCUT2D eigenvalue weighted by Crippen LogP contribution is 2.22. The highest BCUT2D eigenvalue weighted by molar-refractivity contribution is 7.85. The Labute approximate surface area is 131 Å². The highest BCUT2D eigenvalue weighted by Gasteiger charge is 2.20. The van der Waals surface area contributed by atoms with Crippen molar-refractivity contribution >= 4 is 16.7 Å². The zero-order valence-electron chi connectivity index (χ0n) is 13.7. The second-order valence-corrected chi connectivity index (χ2v) is 8.16. The normalized spacial score (nSPS) is 14.5. The topological polar surface area (TPSA) is 46.2 Å². The van der Waals surface area contributed by atoms with Crippen molar-refractivity contribution in [3.63, 3.8) is 0 Å². The van der Waals surface area contributed by atoms with E-state index in [2.05, 4.69) is 38.2 Å². The van der Waals surface area contributed by atoms with Crippen LogP contribution in [0.5, 0.6) is 0 Å². The van der Waals surface area contributed by atoms with Gasteiger partial charge in [-0.1, -0.05) is 52.0 Å². The molecule has 118 valence electrons. The fourth-order valence-electron chi connectivity index (χ4n) is 1.90. The zero-order chi connectivity index (χ0) is 16.0. The van der Waals surface area contributed by atoms with Crippen LogP contribution in [0.1, 0.15) is 52.2 Å². The molecule has 2 unspecified atom stereocenters. The molecule has 0 saturated carbocycles. The first-order valence-electron chi connectivity index (χ1n) is 7.50. The first-order chi connectivity index (χ1) is 9.75. The first kappa shape index (κ1) is 17.9. The molecule has 4 heteroatoms. The predicted octanol–water partition coefficient (Wildman–Crippen LogP) is 3.15. The second kappa shape index (κ2) is 7.74. The Balaban J connectivity index is 2.64. The molecule has 0 aliphatic heterocycles. The van der Waals surface area contributed by atoms with Crippen molar-refractivity contribution in [3.05, 3.63) is 35.4 Å². The van der Waals surface area contributed by atoms with E-state index in [1.807, 2.05) is 19.1 Å². The molecular weight excluding hydrogens is 282 g/mol. The summed E-state index contributed by atoms with van der Waals surface area (Å²) in [5.74, 6) is 0.298. The summed E-state index contributed by atoms with van der Waals surface area (Å²) in [4.78, 5) is 11.8. The van der Waals surface area contributed by atoms with Crippen LogP contribution in [0, 0.1) is 0 Å². The molecule has 0 heterocycles. The molecule has 1 rings (SSSR count). The number of amides is 1. The average molecular weight is 309 g/mol. The van der Waals surface area contributed by atoms with Crippen molar-refractivity contribution in [2.75, 3.05) is 6.54 Å². The molecule has 0 bridgehead atoms. The maximum Gasteiger partial charge on any atom is 0.235 e. The lowest BCUT2D eigenvalue weighted by Gasteiger charge is -2.19. The van der Waals surface area contributed by atoms with Gasteiger partial charge in [-0.15, -0.1) is 0 Å². The molecule has 0 spiro atoms. The quantitative estimate of drug-likeness (QED) is 0.877. The Kier molecular flexibility index (Phi) is 6.59. The third-order valence-corrected chi connectivity index (χ3v) is 5.06. The van der Waals surface area contributed by atoms with Crippen molar-refractivity contribution < 1.29 is 9.00 Å². The van der Waals surface area contributed by atoms with Crippen molar-refractivity contribution in [1.82, 2.24) is 5.32 Å². The third-order valence-electron chi connectivity index (χ3n) is 3.44. The van der Waals surface area contributed by atoms with Gasteiger partial charge in [0.2, 0.25) is 5.91 Å². The minimum atomic E-state index is -1.19. The third kappa shape index (κ3) is 5.62. The standard InChI is InChI=1S/C17H27NO2S/c1-6-11-18-16(19)13(2)21(20)12-14-7-9-15(10-8-14)17(3,4)5/h7-10,13H,6,11-12H2,1-5H3,(H,18,19).